The van der Waals surface area contributed by atoms with Crippen molar-refractivity contribution in [2.24, 2.45) is 0 Å². The summed E-state index contributed by atoms with van der Waals surface area (Å²) in [6, 6.07) is 10.3. The van der Waals surface area contributed by atoms with Crippen LogP contribution in [0, 0.1) is 24.0 Å². The number of carbonyl (C=O) groups is 1. The zero-order chi connectivity index (χ0) is 28.3. The average molecular weight is 558 g/mol. The lowest BCUT2D eigenvalue weighted by Crippen LogP contribution is -2.41. The molecule has 0 saturated carbocycles. The number of sulfonamides is 1. The van der Waals surface area contributed by atoms with Crippen LogP contribution in [-0.4, -0.2) is 66.3 Å². The number of hydrogen-bond acceptors (Lipinski definition) is 8. The number of non-ortho nitro benzene ring substituents is 1. The number of aryl methyl sites for hydroxylation is 1. The summed E-state index contributed by atoms with van der Waals surface area (Å²) in [5, 5.41) is 16.0. The maximum Gasteiger partial charge on any atom is 0.274 e. The Bertz CT molecular complexity index is 1480. The quantitative estimate of drug-likeness (QED) is 0.309. The monoisotopic (exact) mass is 557 g/mol. The maximum absolute atomic E-state index is 13.4. The van der Waals surface area contributed by atoms with Crippen LogP contribution >= 0.6 is 0 Å². The number of morpholine rings is 1. The molecule has 2 heterocycles. The third kappa shape index (κ3) is 6.10. The first kappa shape index (κ1) is 28.2. The lowest BCUT2D eigenvalue weighted by Gasteiger charge is -2.26. The predicted octanol–water partition coefficient (Wildman–Crippen LogP) is 3.74. The molecule has 1 fully saturated rings. The fourth-order valence-corrected chi connectivity index (χ4v) is 5.47. The third-order valence-electron chi connectivity index (χ3n) is 6.45. The number of hydrogen-bond donors (Lipinski definition) is 1. The molecule has 3 aromatic rings. The molecule has 1 N–H and O–H groups in total. The van der Waals surface area contributed by atoms with E-state index in [2.05, 4.69) is 9.82 Å². The molecule has 0 unspecified atom stereocenters. The Morgan fingerprint density at radius 2 is 1.85 bits per heavy atom. The zero-order valence-corrected chi connectivity index (χ0v) is 23.0. The Morgan fingerprint density at radius 1 is 1.18 bits per heavy atom. The number of nitrogens with one attached hydrogen (secondary N) is 1. The van der Waals surface area contributed by atoms with Gasteiger partial charge in [0.15, 0.2) is 5.69 Å². The summed E-state index contributed by atoms with van der Waals surface area (Å²) in [7, 11) is -4.20. The van der Waals surface area contributed by atoms with Crippen LogP contribution in [0.25, 0.3) is 5.69 Å². The first-order valence-electron chi connectivity index (χ1n) is 12.5. The molecule has 2 aromatic carbocycles. The van der Waals surface area contributed by atoms with E-state index in [4.69, 9.17) is 9.47 Å². The van der Waals surface area contributed by atoms with Gasteiger partial charge in [-0.1, -0.05) is 24.6 Å². The van der Waals surface area contributed by atoms with E-state index in [1.54, 1.807) is 30.9 Å². The van der Waals surface area contributed by atoms with Crippen LogP contribution in [0.3, 0.4) is 0 Å². The SMILES string of the molecule is CC[C@@H](C)NS(=O)(=O)c1cc([N+](=O)[O-])ccc1Oc1c(C)c(C(=O)N2CCOCC2)nn1-c1ccc(C)cc1. The third-order valence-corrected chi connectivity index (χ3v) is 8.06. The number of nitro groups is 1. The highest BCUT2D eigenvalue weighted by atomic mass is 32.2. The van der Waals surface area contributed by atoms with E-state index in [9.17, 15) is 23.3 Å². The molecule has 1 saturated heterocycles. The van der Waals surface area contributed by atoms with Crippen LogP contribution in [0.5, 0.6) is 11.6 Å². The lowest BCUT2D eigenvalue weighted by molar-refractivity contribution is -0.385. The van der Waals surface area contributed by atoms with E-state index >= 15 is 0 Å². The second-order valence-corrected chi connectivity index (χ2v) is 11.0. The van der Waals surface area contributed by atoms with Crippen molar-refractivity contribution in [3.8, 4) is 17.3 Å². The van der Waals surface area contributed by atoms with Gasteiger partial charge in [-0.05, 0) is 45.4 Å². The summed E-state index contributed by atoms with van der Waals surface area (Å²) in [4.78, 5) is 25.4. The molecule has 208 valence electrons. The van der Waals surface area contributed by atoms with E-state index in [1.807, 2.05) is 26.0 Å². The van der Waals surface area contributed by atoms with Gasteiger partial charge in [-0.3, -0.25) is 14.9 Å². The minimum Gasteiger partial charge on any atom is -0.437 e. The van der Waals surface area contributed by atoms with Crippen molar-refractivity contribution < 1.29 is 27.6 Å². The van der Waals surface area contributed by atoms with Crippen molar-refractivity contribution in [1.29, 1.82) is 0 Å². The van der Waals surface area contributed by atoms with Crippen molar-refractivity contribution in [3.63, 3.8) is 0 Å². The van der Waals surface area contributed by atoms with Crippen molar-refractivity contribution in [2.75, 3.05) is 26.3 Å². The molecule has 0 radical (unpaired) electrons. The lowest BCUT2D eigenvalue weighted by atomic mass is 10.2. The maximum atomic E-state index is 13.4. The van der Waals surface area contributed by atoms with E-state index in [-0.39, 0.29) is 23.2 Å². The van der Waals surface area contributed by atoms with Crippen molar-refractivity contribution >= 4 is 21.6 Å². The first-order chi connectivity index (χ1) is 18.5. The minimum atomic E-state index is -4.20. The topological polar surface area (TPSA) is 146 Å². The summed E-state index contributed by atoms with van der Waals surface area (Å²) >= 11 is 0. The van der Waals surface area contributed by atoms with Gasteiger partial charge < -0.3 is 14.4 Å². The molecular weight excluding hydrogens is 526 g/mol. The van der Waals surface area contributed by atoms with Gasteiger partial charge in [0.05, 0.1) is 23.8 Å². The normalized spacial score (nSPS) is 14.7. The largest absolute Gasteiger partial charge is 0.437 e. The average Bonchev–Trinajstić information content (AvgIpc) is 3.24. The molecule has 39 heavy (non-hydrogen) atoms. The fraction of sp³-hybridized carbons (Fsp3) is 0.385. The molecule has 0 spiro atoms. The molecule has 0 aliphatic carbocycles. The summed E-state index contributed by atoms with van der Waals surface area (Å²) in [5.74, 6) is -0.330. The number of nitro benzene ring substituents is 1. The molecule has 1 aliphatic heterocycles. The van der Waals surface area contributed by atoms with Gasteiger partial charge in [0, 0.05) is 36.8 Å². The van der Waals surface area contributed by atoms with Crippen molar-refractivity contribution in [1.82, 2.24) is 19.4 Å². The second kappa shape index (κ2) is 11.5. The predicted molar refractivity (Wildman–Crippen MR) is 143 cm³/mol. The molecule has 1 aromatic heterocycles. The smallest absolute Gasteiger partial charge is 0.274 e. The van der Waals surface area contributed by atoms with Gasteiger partial charge in [0.1, 0.15) is 10.6 Å². The summed E-state index contributed by atoms with van der Waals surface area (Å²) in [6.07, 6.45) is 0.511. The van der Waals surface area contributed by atoms with E-state index in [0.717, 1.165) is 11.6 Å². The molecule has 0 bridgehead atoms. The van der Waals surface area contributed by atoms with Crippen LogP contribution < -0.4 is 9.46 Å². The van der Waals surface area contributed by atoms with Crippen LogP contribution in [0.1, 0.15) is 41.9 Å². The highest BCUT2D eigenvalue weighted by Crippen LogP contribution is 2.36. The molecular formula is C26H31N5O7S. The van der Waals surface area contributed by atoms with Gasteiger partial charge >= 0.3 is 0 Å². The number of ether oxygens (including phenoxy) is 2. The van der Waals surface area contributed by atoms with Gasteiger partial charge in [-0.25, -0.2) is 13.1 Å². The number of aromatic nitrogens is 2. The fourth-order valence-electron chi connectivity index (χ4n) is 4.00. The van der Waals surface area contributed by atoms with Gasteiger partial charge in [0.25, 0.3) is 11.6 Å². The number of carbonyl (C=O) groups excluding carboxylic acids is 1. The zero-order valence-electron chi connectivity index (χ0n) is 22.2. The highest BCUT2D eigenvalue weighted by molar-refractivity contribution is 7.89. The van der Waals surface area contributed by atoms with E-state index < -0.39 is 31.6 Å². The number of benzene rings is 2. The van der Waals surface area contributed by atoms with Gasteiger partial charge in [-0.2, -0.15) is 9.78 Å². The molecule has 4 rings (SSSR count). The molecule has 1 aliphatic rings. The molecule has 12 nitrogen and oxygen atoms in total. The molecule has 13 heteroatoms. The number of amides is 1. The Balaban J connectivity index is 1.85. The minimum absolute atomic E-state index is 0.115. The molecule has 1 atom stereocenters. The van der Waals surface area contributed by atoms with Crippen LogP contribution in [0.4, 0.5) is 5.69 Å². The number of rotatable bonds is 9. The van der Waals surface area contributed by atoms with E-state index in [1.165, 1.54) is 16.8 Å². The Morgan fingerprint density at radius 3 is 2.46 bits per heavy atom. The van der Waals surface area contributed by atoms with Crippen molar-refractivity contribution in [2.45, 2.75) is 45.1 Å². The van der Waals surface area contributed by atoms with Gasteiger partial charge in [0.2, 0.25) is 15.9 Å². The van der Waals surface area contributed by atoms with E-state index in [0.29, 0.717) is 44.0 Å². The Hall–Kier alpha value is -3.81. The summed E-state index contributed by atoms with van der Waals surface area (Å²) < 4.78 is 42.0. The summed E-state index contributed by atoms with van der Waals surface area (Å²) in [5.41, 5.74) is 1.73. The van der Waals surface area contributed by atoms with Gasteiger partial charge in [-0.15, -0.1) is 0 Å². The van der Waals surface area contributed by atoms with Crippen LogP contribution in [0.2, 0.25) is 0 Å². The second-order valence-electron chi connectivity index (χ2n) is 9.35. The Kier molecular flexibility index (Phi) is 8.33. The number of nitrogens with zero attached hydrogens (tertiary/aromatic N) is 4. The Labute approximate surface area is 226 Å². The molecule has 1 amide bonds. The van der Waals surface area contributed by atoms with Crippen molar-refractivity contribution in [3.05, 3.63) is 69.4 Å². The first-order valence-corrected chi connectivity index (χ1v) is 14.0. The summed E-state index contributed by atoms with van der Waals surface area (Å²) in [6.45, 7) is 8.76. The highest BCUT2D eigenvalue weighted by Gasteiger charge is 2.30. The van der Waals surface area contributed by atoms with Crippen LogP contribution in [0.15, 0.2) is 47.4 Å². The van der Waals surface area contributed by atoms with Crippen LogP contribution in [-0.2, 0) is 14.8 Å². The standard InChI is InChI=1S/C26H31N5O7S/c1-5-18(3)28-39(35,36)23-16-21(31(33)34)10-11-22(23)38-26-19(4)24(25(32)29-12-14-37-15-13-29)27-30(26)20-8-6-17(2)7-9-20/h6-11,16,18,28H,5,12-15H2,1-4H3/t18-/m1/s1.